The Hall–Kier alpha value is -2.57. The fourth-order valence-electron chi connectivity index (χ4n) is 3.87. The van der Waals surface area contributed by atoms with E-state index in [9.17, 15) is 24.6 Å². The summed E-state index contributed by atoms with van der Waals surface area (Å²) in [7, 11) is 0. The van der Waals surface area contributed by atoms with E-state index in [1.807, 2.05) is 0 Å². The van der Waals surface area contributed by atoms with Gasteiger partial charge in [-0.3, -0.25) is 9.59 Å². The molecule has 0 aromatic rings. The number of allylic oxidation sites excluding steroid dienone is 2. The minimum absolute atomic E-state index is 0.0181. The molecular formula is C21H28N2O9. The first-order valence-electron chi connectivity index (χ1n) is 10.1. The van der Waals surface area contributed by atoms with Gasteiger partial charge in [0.15, 0.2) is 5.79 Å². The van der Waals surface area contributed by atoms with Crippen molar-refractivity contribution in [2.24, 2.45) is 0 Å². The maximum atomic E-state index is 13.1. The van der Waals surface area contributed by atoms with Crippen molar-refractivity contribution in [1.29, 1.82) is 0 Å². The van der Waals surface area contributed by atoms with Crippen molar-refractivity contribution in [2.75, 3.05) is 19.8 Å². The molecule has 4 N–H and O–H groups in total. The van der Waals surface area contributed by atoms with Crippen LogP contribution in [0.4, 0.5) is 0 Å². The van der Waals surface area contributed by atoms with Gasteiger partial charge in [-0.25, -0.2) is 4.79 Å². The van der Waals surface area contributed by atoms with Gasteiger partial charge in [0.1, 0.15) is 18.3 Å². The quantitative estimate of drug-likeness (QED) is 0.229. The van der Waals surface area contributed by atoms with Crippen LogP contribution in [0, 0.1) is 0 Å². The molecule has 0 aromatic heterocycles. The molecule has 4 aliphatic rings. The number of hydrogen-bond acceptors (Lipinski definition) is 9. The van der Waals surface area contributed by atoms with Gasteiger partial charge >= 0.3 is 5.97 Å². The second kappa shape index (κ2) is 8.41. The molecule has 4 heterocycles. The van der Waals surface area contributed by atoms with Crippen LogP contribution in [0.2, 0.25) is 0 Å². The van der Waals surface area contributed by atoms with Crippen LogP contribution >= 0.6 is 0 Å². The summed E-state index contributed by atoms with van der Waals surface area (Å²) in [6.45, 7) is 8.11. The third-order valence-electron chi connectivity index (χ3n) is 5.45. The summed E-state index contributed by atoms with van der Waals surface area (Å²) in [6, 6.07) is 0. The zero-order valence-corrected chi connectivity index (χ0v) is 18.2. The lowest BCUT2D eigenvalue weighted by Crippen LogP contribution is -2.82. The van der Waals surface area contributed by atoms with Gasteiger partial charge in [-0.05, 0) is 32.8 Å². The number of fused-ring (bicyclic) bond motifs is 5. The second-order valence-corrected chi connectivity index (χ2v) is 8.43. The van der Waals surface area contributed by atoms with Crippen LogP contribution in [-0.4, -0.2) is 76.8 Å². The van der Waals surface area contributed by atoms with Crippen LogP contribution in [-0.2, 0) is 33.3 Å². The van der Waals surface area contributed by atoms with E-state index in [4.69, 9.17) is 18.9 Å². The summed E-state index contributed by atoms with van der Waals surface area (Å²) in [4.78, 5) is 37.5. The first-order chi connectivity index (χ1) is 14.9. The summed E-state index contributed by atoms with van der Waals surface area (Å²) in [5.74, 6) is -3.63. The number of esters is 1. The van der Waals surface area contributed by atoms with Crippen molar-refractivity contribution in [1.82, 2.24) is 10.6 Å². The third-order valence-corrected chi connectivity index (χ3v) is 5.45. The Morgan fingerprint density at radius 3 is 2.59 bits per heavy atom. The number of piperazine rings is 1. The highest BCUT2D eigenvalue weighted by Crippen LogP contribution is 2.40. The molecule has 0 spiro atoms. The molecule has 4 atom stereocenters. The van der Waals surface area contributed by atoms with E-state index >= 15 is 0 Å². The van der Waals surface area contributed by atoms with Crippen molar-refractivity contribution >= 4 is 17.8 Å². The number of nitrogens with one attached hydrogen (secondary N) is 2. The zero-order valence-electron chi connectivity index (χ0n) is 18.2. The van der Waals surface area contributed by atoms with Crippen LogP contribution in [0.15, 0.2) is 36.5 Å². The first-order valence-corrected chi connectivity index (χ1v) is 10.1. The molecule has 2 amide bonds. The van der Waals surface area contributed by atoms with E-state index < -0.39 is 46.7 Å². The van der Waals surface area contributed by atoms with Crippen molar-refractivity contribution in [3.8, 4) is 0 Å². The van der Waals surface area contributed by atoms with E-state index in [0.717, 1.165) is 6.08 Å². The number of hydrogen-bond donors (Lipinski definition) is 4. The van der Waals surface area contributed by atoms with Gasteiger partial charge in [0, 0.05) is 6.08 Å². The summed E-state index contributed by atoms with van der Waals surface area (Å²) in [5.41, 5.74) is -5.90. The number of ether oxygens (including phenoxy) is 4. The molecule has 0 saturated carbocycles. The Bertz CT molecular complexity index is 882. The van der Waals surface area contributed by atoms with Crippen LogP contribution in [0.25, 0.3) is 0 Å². The molecule has 11 nitrogen and oxygen atoms in total. The lowest BCUT2D eigenvalue weighted by atomic mass is 9.84. The van der Waals surface area contributed by atoms with Crippen molar-refractivity contribution in [3.63, 3.8) is 0 Å². The minimum atomic E-state index is -2.40. The first kappa shape index (κ1) is 24.1. The van der Waals surface area contributed by atoms with Gasteiger partial charge < -0.3 is 39.8 Å². The molecule has 4 fully saturated rings. The van der Waals surface area contributed by atoms with E-state index in [0.29, 0.717) is 0 Å². The normalized spacial score (nSPS) is 36.3. The molecule has 0 aromatic carbocycles. The number of aliphatic hydroxyl groups excluding tert-OH is 1. The van der Waals surface area contributed by atoms with Crippen molar-refractivity contribution in [3.05, 3.63) is 36.5 Å². The van der Waals surface area contributed by atoms with Crippen LogP contribution in [0.1, 0.15) is 27.2 Å². The summed E-state index contributed by atoms with van der Waals surface area (Å²) in [6.07, 6.45) is 3.45. The lowest BCUT2D eigenvalue weighted by Gasteiger charge is -2.50. The summed E-state index contributed by atoms with van der Waals surface area (Å²) >= 11 is 0. The number of amides is 2. The molecule has 2 bridgehead atoms. The molecule has 11 heteroatoms. The van der Waals surface area contributed by atoms with Crippen LogP contribution in [0.3, 0.4) is 0 Å². The average Bonchev–Trinajstić information content (AvgIpc) is 3.01. The van der Waals surface area contributed by atoms with Gasteiger partial charge in [0.25, 0.3) is 17.5 Å². The minimum Gasteiger partial charge on any atom is -0.458 e. The smallest absolute Gasteiger partial charge is 0.331 e. The Balaban J connectivity index is 1.85. The maximum Gasteiger partial charge on any atom is 0.331 e. The molecule has 176 valence electrons. The van der Waals surface area contributed by atoms with Gasteiger partial charge in [-0.15, -0.1) is 0 Å². The molecule has 32 heavy (non-hydrogen) atoms. The van der Waals surface area contributed by atoms with E-state index in [1.165, 1.54) is 25.2 Å². The predicted octanol–water partition coefficient (Wildman–Crippen LogP) is -0.848. The second-order valence-electron chi connectivity index (χ2n) is 8.43. The predicted molar refractivity (Wildman–Crippen MR) is 108 cm³/mol. The monoisotopic (exact) mass is 452 g/mol. The fourth-order valence-corrected chi connectivity index (χ4v) is 3.87. The molecule has 4 saturated heterocycles. The SMILES string of the molecule is C=CCOC(=O)/C=C/C=C1\CCO[C@]2([C@H](O)[C@]3(C)COC(C)(C)O3)NC(=O)[C@@]1(O)NC2=O. The Kier molecular flexibility index (Phi) is 6.33. The van der Waals surface area contributed by atoms with Crippen molar-refractivity contribution < 1.29 is 43.5 Å². The lowest BCUT2D eigenvalue weighted by molar-refractivity contribution is -0.240. The molecule has 0 unspecified atom stereocenters. The highest BCUT2D eigenvalue weighted by atomic mass is 16.8. The van der Waals surface area contributed by atoms with E-state index in [2.05, 4.69) is 17.2 Å². The molecular weight excluding hydrogens is 424 g/mol. The summed E-state index contributed by atoms with van der Waals surface area (Å²) < 4.78 is 21.8. The van der Waals surface area contributed by atoms with E-state index in [1.54, 1.807) is 13.8 Å². The van der Waals surface area contributed by atoms with Crippen LogP contribution < -0.4 is 10.6 Å². The highest BCUT2D eigenvalue weighted by molar-refractivity contribution is 6.03. The third kappa shape index (κ3) is 4.21. The van der Waals surface area contributed by atoms with Gasteiger partial charge in [-0.2, -0.15) is 0 Å². The number of carbonyl (C=O) groups is 3. The number of carbonyl (C=O) groups excluding carboxylic acids is 3. The molecule has 4 aliphatic heterocycles. The molecule has 4 rings (SSSR count). The van der Waals surface area contributed by atoms with Crippen molar-refractivity contribution in [2.45, 2.75) is 56.1 Å². The largest absolute Gasteiger partial charge is 0.458 e. The van der Waals surface area contributed by atoms with Gasteiger partial charge in [0.05, 0.1) is 13.2 Å². The topological polar surface area (TPSA) is 153 Å². The Labute approximate surface area is 185 Å². The van der Waals surface area contributed by atoms with Gasteiger partial charge in [0.2, 0.25) is 5.72 Å². The highest BCUT2D eigenvalue weighted by Gasteiger charge is 2.65. The number of aliphatic hydroxyl groups is 2. The Morgan fingerprint density at radius 1 is 1.25 bits per heavy atom. The summed E-state index contributed by atoms with van der Waals surface area (Å²) in [5, 5.41) is 26.6. The van der Waals surface area contributed by atoms with E-state index in [-0.39, 0.29) is 31.8 Å². The number of rotatable bonds is 6. The molecule has 0 radical (unpaired) electrons. The van der Waals surface area contributed by atoms with Crippen LogP contribution in [0.5, 0.6) is 0 Å². The zero-order chi connectivity index (χ0) is 23.8. The van der Waals surface area contributed by atoms with Gasteiger partial charge in [-0.1, -0.05) is 24.8 Å². The maximum absolute atomic E-state index is 13.1. The average molecular weight is 452 g/mol. The molecule has 0 aliphatic carbocycles. The fraction of sp³-hybridized carbons (Fsp3) is 0.571. The standard InChI is InChI=1S/C21H28N2O9/c1-5-10-29-14(24)8-6-7-13-9-11-30-21(17(27)22-20(13,28)16(26)23-21)15(25)19(4)12-31-18(2,3)32-19/h5-8,15,25,28H,1,9-12H2,2-4H3,(H,22,27)(H,23,26)/b8-6+,13-7+/t15-,19+,20-,21+/m1/s1. The Morgan fingerprint density at radius 2 is 1.97 bits per heavy atom.